The van der Waals surface area contributed by atoms with Crippen LogP contribution >= 0.6 is 11.6 Å². The van der Waals surface area contributed by atoms with Crippen molar-refractivity contribution in [1.29, 1.82) is 0 Å². The van der Waals surface area contributed by atoms with E-state index in [-0.39, 0.29) is 31.0 Å². The van der Waals surface area contributed by atoms with Crippen molar-refractivity contribution in [2.45, 2.75) is 82.5 Å². The Bertz CT molecular complexity index is 777. The summed E-state index contributed by atoms with van der Waals surface area (Å²) in [5.41, 5.74) is -2.50. The van der Waals surface area contributed by atoms with Gasteiger partial charge in [-0.2, -0.15) is 0 Å². The molecule has 31 heavy (non-hydrogen) atoms. The van der Waals surface area contributed by atoms with Gasteiger partial charge in [0.15, 0.2) is 0 Å². The Balaban J connectivity index is 1.48. The normalized spacial score (nSPS) is 46.4. The van der Waals surface area contributed by atoms with E-state index in [9.17, 15) is 14.4 Å². The lowest BCUT2D eigenvalue weighted by Crippen LogP contribution is -2.66. The Morgan fingerprint density at radius 3 is 2.74 bits per heavy atom. The molecule has 4 aliphatic heterocycles. The van der Waals surface area contributed by atoms with Crippen LogP contribution in [-0.4, -0.2) is 59.1 Å². The van der Waals surface area contributed by atoms with Gasteiger partial charge in [-0.15, -0.1) is 0 Å². The maximum absolute atomic E-state index is 13.6. The first-order valence-electron chi connectivity index (χ1n) is 12.0. The molecule has 0 aromatic heterocycles. The van der Waals surface area contributed by atoms with Crippen LogP contribution in [0.3, 0.4) is 0 Å². The van der Waals surface area contributed by atoms with E-state index in [0.717, 1.165) is 13.0 Å². The minimum atomic E-state index is -1.48. The number of halogens is 1. The summed E-state index contributed by atoms with van der Waals surface area (Å²) in [4.78, 5) is 40.2. The van der Waals surface area contributed by atoms with Crippen molar-refractivity contribution in [2.75, 3.05) is 13.2 Å². The molecule has 4 saturated heterocycles. The number of hydrogen-bond acceptors (Lipinski definition) is 6. The van der Waals surface area contributed by atoms with E-state index < -0.39 is 28.8 Å². The van der Waals surface area contributed by atoms with Crippen LogP contribution < -0.4 is 5.32 Å². The van der Waals surface area contributed by atoms with Gasteiger partial charge in [0.1, 0.15) is 6.61 Å². The third-order valence-electron chi connectivity index (χ3n) is 9.19. The zero-order chi connectivity index (χ0) is 21.9. The van der Waals surface area contributed by atoms with Crippen molar-refractivity contribution in [3.8, 4) is 0 Å². The number of hydrogen-bond donors (Lipinski definition) is 1. The molecule has 0 aromatic rings. The Morgan fingerprint density at radius 2 is 2.03 bits per heavy atom. The zero-order valence-electron chi connectivity index (χ0n) is 18.3. The monoisotopic (exact) mass is 452 g/mol. The lowest BCUT2D eigenvalue weighted by molar-refractivity contribution is -0.200. The van der Waals surface area contributed by atoms with Crippen LogP contribution in [0.1, 0.15) is 58.8 Å². The SMILES string of the molecule is CCC1C2CCCCC2NC2C1CN1C(=O)C3COC(=O)[C@@](CC)(OC(=O)Cl)C3CC21. The predicted octanol–water partition coefficient (Wildman–Crippen LogP) is 3.09. The third kappa shape index (κ3) is 3.13. The van der Waals surface area contributed by atoms with Gasteiger partial charge < -0.3 is 19.7 Å². The Labute approximate surface area is 188 Å². The highest BCUT2D eigenvalue weighted by Gasteiger charge is 2.64. The van der Waals surface area contributed by atoms with Crippen LogP contribution in [0, 0.1) is 29.6 Å². The summed E-state index contributed by atoms with van der Waals surface area (Å²) in [6.45, 7) is 4.90. The lowest BCUT2D eigenvalue weighted by Gasteiger charge is -2.52. The first kappa shape index (κ1) is 21.5. The highest BCUT2D eigenvalue weighted by atomic mass is 35.5. The topological polar surface area (TPSA) is 84.9 Å². The van der Waals surface area contributed by atoms with Gasteiger partial charge in [-0.1, -0.05) is 33.1 Å². The Kier molecular flexibility index (Phi) is 5.48. The molecule has 0 aromatic carbocycles. The van der Waals surface area contributed by atoms with E-state index >= 15 is 0 Å². The molecule has 8 unspecified atom stereocenters. The molecule has 0 bridgehead atoms. The maximum atomic E-state index is 13.6. The third-order valence-corrected chi connectivity index (χ3v) is 9.27. The number of carbonyl (C=O) groups excluding carboxylic acids is 3. The van der Waals surface area contributed by atoms with Gasteiger partial charge in [0, 0.05) is 42.2 Å². The minimum Gasteiger partial charge on any atom is -0.462 e. The fourth-order valence-corrected chi connectivity index (χ4v) is 8.00. The molecule has 4 heterocycles. The number of cyclic esters (lactones) is 1. The van der Waals surface area contributed by atoms with E-state index in [1.165, 1.54) is 25.7 Å². The standard InChI is InChI=1S/C23H33ClN2O5/c1-3-12-13-7-5-6-8-17(13)25-19-14(12)10-26-18(19)9-16-15(20(26)27)11-30-21(28)23(16,4-2)31-22(24)29/h12-19,25H,3-11H2,1-2H3/t12?,13?,14?,15?,16?,17?,18?,19?,23-/m0/s1. The van der Waals surface area contributed by atoms with Gasteiger partial charge in [0.25, 0.3) is 0 Å². The average Bonchev–Trinajstić information content (AvgIpc) is 3.12. The molecular formula is C23H33ClN2O5. The van der Waals surface area contributed by atoms with E-state index in [2.05, 4.69) is 12.2 Å². The highest BCUT2D eigenvalue weighted by molar-refractivity contribution is 6.61. The van der Waals surface area contributed by atoms with E-state index in [1.807, 2.05) is 4.90 Å². The summed E-state index contributed by atoms with van der Waals surface area (Å²) >= 11 is 5.57. The minimum absolute atomic E-state index is 0.0153. The van der Waals surface area contributed by atoms with Crippen molar-refractivity contribution in [3.05, 3.63) is 0 Å². The number of fused-ring (bicyclic) bond motifs is 5. The van der Waals surface area contributed by atoms with Crippen molar-refractivity contribution in [1.82, 2.24) is 10.2 Å². The Hall–Kier alpha value is -1.34. The average molecular weight is 453 g/mol. The number of piperidine rings is 2. The predicted molar refractivity (Wildman–Crippen MR) is 113 cm³/mol. The second kappa shape index (κ2) is 7.91. The molecular weight excluding hydrogens is 420 g/mol. The summed E-state index contributed by atoms with van der Waals surface area (Å²) in [7, 11) is 0. The van der Waals surface area contributed by atoms with Gasteiger partial charge >= 0.3 is 11.4 Å². The van der Waals surface area contributed by atoms with Crippen LogP contribution in [0.4, 0.5) is 4.79 Å². The number of nitrogens with one attached hydrogen (secondary N) is 1. The van der Waals surface area contributed by atoms with Crippen molar-refractivity contribution >= 4 is 28.9 Å². The Morgan fingerprint density at radius 1 is 1.26 bits per heavy atom. The molecule has 0 radical (unpaired) electrons. The maximum Gasteiger partial charge on any atom is 0.404 e. The van der Waals surface area contributed by atoms with Crippen LogP contribution in [-0.2, 0) is 19.1 Å². The molecule has 0 spiro atoms. The zero-order valence-corrected chi connectivity index (χ0v) is 19.1. The van der Waals surface area contributed by atoms with E-state index in [4.69, 9.17) is 21.1 Å². The van der Waals surface area contributed by atoms with Gasteiger partial charge in [0.2, 0.25) is 11.5 Å². The van der Waals surface area contributed by atoms with Crippen molar-refractivity contribution in [3.63, 3.8) is 0 Å². The molecule has 172 valence electrons. The van der Waals surface area contributed by atoms with E-state index in [0.29, 0.717) is 30.2 Å². The quantitative estimate of drug-likeness (QED) is 0.523. The van der Waals surface area contributed by atoms with Crippen LogP contribution in [0.2, 0.25) is 0 Å². The second-order valence-electron chi connectivity index (χ2n) is 10.2. The molecule has 7 nitrogen and oxygen atoms in total. The molecule has 5 fully saturated rings. The molecule has 1 aliphatic carbocycles. The summed E-state index contributed by atoms with van der Waals surface area (Å²) in [6, 6.07) is 0.760. The largest absolute Gasteiger partial charge is 0.462 e. The number of carbonyl (C=O) groups is 3. The molecule has 1 amide bonds. The fraction of sp³-hybridized carbons (Fsp3) is 0.870. The second-order valence-corrected chi connectivity index (χ2v) is 10.5. The van der Waals surface area contributed by atoms with Gasteiger partial charge in [0.05, 0.1) is 5.92 Å². The number of amides is 1. The molecule has 5 rings (SSSR count). The summed E-state index contributed by atoms with van der Waals surface area (Å²) < 4.78 is 10.8. The summed E-state index contributed by atoms with van der Waals surface area (Å²) in [5, 5.41) is 3.95. The summed E-state index contributed by atoms with van der Waals surface area (Å²) in [5.74, 6) is 0.318. The smallest absolute Gasteiger partial charge is 0.404 e. The van der Waals surface area contributed by atoms with Crippen LogP contribution in [0.15, 0.2) is 0 Å². The van der Waals surface area contributed by atoms with Crippen molar-refractivity contribution < 1.29 is 23.9 Å². The molecule has 1 N–H and O–H groups in total. The van der Waals surface area contributed by atoms with Gasteiger partial charge in [-0.25, -0.2) is 9.59 Å². The number of esters is 1. The number of nitrogens with zero attached hydrogens (tertiary/aromatic N) is 1. The number of ether oxygens (including phenoxy) is 2. The molecule has 1 saturated carbocycles. The lowest BCUT2D eigenvalue weighted by atomic mass is 9.64. The fourth-order valence-electron chi connectivity index (χ4n) is 7.86. The van der Waals surface area contributed by atoms with Gasteiger partial charge in [-0.3, -0.25) is 4.79 Å². The first-order chi connectivity index (χ1) is 14.9. The first-order valence-corrected chi connectivity index (χ1v) is 12.4. The van der Waals surface area contributed by atoms with Crippen LogP contribution in [0.25, 0.3) is 0 Å². The van der Waals surface area contributed by atoms with Gasteiger partial charge in [-0.05, 0) is 43.4 Å². The molecule has 5 aliphatic rings. The van der Waals surface area contributed by atoms with Crippen molar-refractivity contribution in [2.24, 2.45) is 29.6 Å². The van der Waals surface area contributed by atoms with Crippen LogP contribution in [0.5, 0.6) is 0 Å². The number of rotatable bonds is 3. The summed E-state index contributed by atoms with van der Waals surface area (Å²) in [6.07, 6.45) is 7.05. The molecule has 9 atom stereocenters. The highest BCUT2D eigenvalue weighted by Crippen LogP contribution is 2.52. The molecule has 8 heteroatoms. The van der Waals surface area contributed by atoms with E-state index in [1.54, 1.807) is 6.92 Å².